The lowest BCUT2D eigenvalue weighted by atomic mass is 10.1. The molecule has 1 saturated heterocycles. The van der Waals surface area contributed by atoms with Crippen LogP contribution in [0.3, 0.4) is 0 Å². The predicted octanol–water partition coefficient (Wildman–Crippen LogP) is 2.03. The molecule has 0 aliphatic carbocycles. The molecule has 0 radical (unpaired) electrons. The molecule has 0 aromatic heterocycles. The summed E-state index contributed by atoms with van der Waals surface area (Å²) in [6, 6.07) is 0. The molecule has 1 fully saturated rings. The van der Waals surface area contributed by atoms with E-state index in [0.717, 1.165) is 25.0 Å². The summed E-state index contributed by atoms with van der Waals surface area (Å²) in [6.45, 7) is 3.62. The van der Waals surface area contributed by atoms with Crippen LogP contribution in [0, 0.1) is 0 Å². The standard InChI is InChI=1S/C8H12OS/c1-2-4-8-7(9)5-3-6-10-8/h2,8H,1,3-6H2. The molecule has 1 heterocycles. The Bertz CT molecular complexity index is 142. The Balaban J connectivity index is 2.39. The molecular formula is C8H12OS. The second-order valence-corrected chi connectivity index (χ2v) is 3.76. The quantitative estimate of drug-likeness (QED) is 0.569. The smallest absolute Gasteiger partial charge is 0.146 e. The Morgan fingerprint density at radius 3 is 3.20 bits per heavy atom. The van der Waals surface area contributed by atoms with E-state index in [1.807, 2.05) is 6.08 Å². The highest BCUT2D eigenvalue weighted by Crippen LogP contribution is 2.24. The van der Waals surface area contributed by atoms with Gasteiger partial charge in [0, 0.05) is 6.42 Å². The van der Waals surface area contributed by atoms with Crippen LogP contribution in [0.1, 0.15) is 19.3 Å². The van der Waals surface area contributed by atoms with Gasteiger partial charge in [-0.25, -0.2) is 0 Å². The summed E-state index contributed by atoms with van der Waals surface area (Å²) in [7, 11) is 0. The largest absolute Gasteiger partial charge is 0.298 e. The molecule has 2 heteroatoms. The molecule has 1 rings (SSSR count). The first-order chi connectivity index (χ1) is 4.84. The van der Waals surface area contributed by atoms with Crippen molar-refractivity contribution in [1.82, 2.24) is 0 Å². The van der Waals surface area contributed by atoms with Gasteiger partial charge in [0.25, 0.3) is 0 Å². The van der Waals surface area contributed by atoms with Gasteiger partial charge in [-0.3, -0.25) is 4.79 Å². The maximum Gasteiger partial charge on any atom is 0.146 e. The number of Topliss-reactive ketones (excluding diaryl/α,β-unsaturated/α-hetero) is 1. The lowest BCUT2D eigenvalue weighted by Gasteiger charge is -2.17. The van der Waals surface area contributed by atoms with E-state index in [0.29, 0.717) is 5.78 Å². The van der Waals surface area contributed by atoms with Crippen LogP contribution in [-0.2, 0) is 4.79 Å². The SMILES string of the molecule is C=CCC1SCCCC1=O. The van der Waals surface area contributed by atoms with E-state index in [1.165, 1.54) is 0 Å². The third kappa shape index (κ3) is 1.87. The van der Waals surface area contributed by atoms with Crippen molar-refractivity contribution in [2.75, 3.05) is 5.75 Å². The topological polar surface area (TPSA) is 17.1 Å². The maximum absolute atomic E-state index is 11.1. The molecule has 1 atom stereocenters. The van der Waals surface area contributed by atoms with Gasteiger partial charge in [0.15, 0.2) is 0 Å². The minimum Gasteiger partial charge on any atom is -0.298 e. The number of hydrogen-bond acceptors (Lipinski definition) is 2. The monoisotopic (exact) mass is 156 g/mol. The van der Waals surface area contributed by atoms with Gasteiger partial charge in [0.1, 0.15) is 5.78 Å². The molecule has 1 aliphatic rings. The van der Waals surface area contributed by atoms with Gasteiger partial charge in [-0.1, -0.05) is 6.08 Å². The normalized spacial score (nSPS) is 26.4. The van der Waals surface area contributed by atoms with Gasteiger partial charge < -0.3 is 0 Å². The summed E-state index contributed by atoms with van der Waals surface area (Å²) in [4.78, 5) is 11.1. The number of thioether (sulfide) groups is 1. The molecule has 0 N–H and O–H groups in total. The molecular weight excluding hydrogens is 144 g/mol. The Morgan fingerprint density at radius 1 is 1.80 bits per heavy atom. The fraction of sp³-hybridized carbons (Fsp3) is 0.625. The Kier molecular flexibility index (Phi) is 3.00. The summed E-state index contributed by atoms with van der Waals surface area (Å²) >= 11 is 1.78. The van der Waals surface area contributed by atoms with Crippen molar-refractivity contribution >= 4 is 17.5 Å². The van der Waals surface area contributed by atoms with Crippen molar-refractivity contribution < 1.29 is 4.79 Å². The van der Waals surface area contributed by atoms with Crippen molar-refractivity contribution in [3.63, 3.8) is 0 Å². The number of allylic oxidation sites excluding steroid dienone is 1. The zero-order valence-electron chi connectivity index (χ0n) is 6.01. The van der Waals surface area contributed by atoms with Gasteiger partial charge in [0.05, 0.1) is 5.25 Å². The fourth-order valence-corrected chi connectivity index (χ4v) is 2.25. The van der Waals surface area contributed by atoms with Gasteiger partial charge in [-0.05, 0) is 18.6 Å². The Hall–Kier alpha value is -0.240. The van der Waals surface area contributed by atoms with Crippen LogP contribution in [0.2, 0.25) is 0 Å². The number of ketones is 1. The summed E-state index contributed by atoms with van der Waals surface area (Å²) in [6.07, 6.45) is 4.53. The van der Waals surface area contributed by atoms with Crippen molar-refractivity contribution in [3.8, 4) is 0 Å². The first-order valence-electron chi connectivity index (χ1n) is 3.60. The van der Waals surface area contributed by atoms with E-state index >= 15 is 0 Å². The summed E-state index contributed by atoms with van der Waals surface area (Å²) in [5.41, 5.74) is 0. The molecule has 10 heavy (non-hydrogen) atoms. The molecule has 0 saturated carbocycles. The van der Waals surface area contributed by atoms with Gasteiger partial charge >= 0.3 is 0 Å². The molecule has 1 nitrogen and oxygen atoms in total. The zero-order chi connectivity index (χ0) is 7.40. The van der Waals surface area contributed by atoms with Crippen LogP contribution < -0.4 is 0 Å². The third-order valence-electron chi connectivity index (χ3n) is 1.63. The zero-order valence-corrected chi connectivity index (χ0v) is 6.82. The third-order valence-corrected chi connectivity index (χ3v) is 3.01. The number of rotatable bonds is 2. The fourth-order valence-electron chi connectivity index (χ4n) is 1.08. The van der Waals surface area contributed by atoms with E-state index in [2.05, 4.69) is 6.58 Å². The Labute approximate surface area is 65.9 Å². The van der Waals surface area contributed by atoms with Crippen molar-refractivity contribution in [2.24, 2.45) is 0 Å². The van der Waals surface area contributed by atoms with Crippen molar-refractivity contribution in [1.29, 1.82) is 0 Å². The Morgan fingerprint density at radius 2 is 2.60 bits per heavy atom. The van der Waals surface area contributed by atoms with Crippen LogP contribution in [0.4, 0.5) is 0 Å². The highest BCUT2D eigenvalue weighted by atomic mass is 32.2. The molecule has 0 aromatic carbocycles. The number of carbonyl (C=O) groups is 1. The lowest BCUT2D eigenvalue weighted by molar-refractivity contribution is -0.118. The van der Waals surface area contributed by atoms with Gasteiger partial charge in [0.2, 0.25) is 0 Å². The van der Waals surface area contributed by atoms with E-state index < -0.39 is 0 Å². The van der Waals surface area contributed by atoms with E-state index in [1.54, 1.807) is 11.8 Å². The summed E-state index contributed by atoms with van der Waals surface area (Å²) in [5.74, 6) is 1.56. The summed E-state index contributed by atoms with van der Waals surface area (Å²) < 4.78 is 0. The average molecular weight is 156 g/mol. The number of hydrogen-bond donors (Lipinski definition) is 0. The van der Waals surface area contributed by atoms with E-state index in [4.69, 9.17) is 0 Å². The molecule has 1 aliphatic heterocycles. The molecule has 0 amide bonds. The van der Waals surface area contributed by atoms with E-state index in [-0.39, 0.29) is 5.25 Å². The minimum atomic E-state index is 0.228. The highest BCUT2D eigenvalue weighted by Gasteiger charge is 2.20. The van der Waals surface area contributed by atoms with Crippen LogP contribution >= 0.6 is 11.8 Å². The molecule has 0 aromatic rings. The maximum atomic E-state index is 11.1. The van der Waals surface area contributed by atoms with Crippen LogP contribution in [0.15, 0.2) is 12.7 Å². The molecule has 1 unspecified atom stereocenters. The molecule has 56 valence electrons. The molecule has 0 bridgehead atoms. The molecule has 0 spiro atoms. The first-order valence-corrected chi connectivity index (χ1v) is 4.64. The van der Waals surface area contributed by atoms with Gasteiger partial charge in [-0.15, -0.1) is 6.58 Å². The number of carbonyl (C=O) groups excluding carboxylic acids is 1. The van der Waals surface area contributed by atoms with E-state index in [9.17, 15) is 4.79 Å². The van der Waals surface area contributed by atoms with Crippen LogP contribution in [0.25, 0.3) is 0 Å². The highest BCUT2D eigenvalue weighted by molar-refractivity contribution is 8.00. The average Bonchev–Trinajstić information content (AvgIpc) is 1.94. The van der Waals surface area contributed by atoms with Crippen LogP contribution in [0.5, 0.6) is 0 Å². The second kappa shape index (κ2) is 3.81. The lowest BCUT2D eigenvalue weighted by Crippen LogP contribution is -2.21. The summed E-state index contributed by atoms with van der Waals surface area (Å²) in [5, 5.41) is 0.228. The van der Waals surface area contributed by atoms with Gasteiger partial charge in [-0.2, -0.15) is 11.8 Å². The van der Waals surface area contributed by atoms with Crippen molar-refractivity contribution in [2.45, 2.75) is 24.5 Å². The minimum absolute atomic E-state index is 0.228. The van der Waals surface area contributed by atoms with Crippen molar-refractivity contribution in [3.05, 3.63) is 12.7 Å². The predicted molar refractivity (Wildman–Crippen MR) is 45.3 cm³/mol. The van der Waals surface area contributed by atoms with Crippen LogP contribution in [-0.4, -0.2) is 16.8 Å². The second-order valence-electron chi connectivity index (χ2n) is 2.45. The first kappa shape index (κ1) is 7.86.